The number of methoxy groups -OCH3 is 1. The van der Waals surface area contributed by atoms with E-state index in [-0.39, 0.29) is 5.60 Å². The highest BCUT2D eigenvalue weighted by Crippen LogP contribution is 2.22. The number of hydrogen-bond donors (Lipinski definition) is 1. The molecule has 104 valence electrons. The highest BCUT2D eigenvalue weighted by Gasteiger charge is 2.32. The first-order valence-corrected chi connectivity index (χ1v) is 6.74. The lowest BCUT2D eigenvalue weighted by molar-refractivity contribution is -0.0287. The third-order valence-corrected chi connectivity index (χ3v) is 3.87. The Kier molecular flexibility index (Phi) is 5.35. The maximum absolute atomic E-state index is 5.73. The fraction of sp³-hybridized carbons (Fsp3) is 0.786. The molecule has 1 heterocycles. The number of rotatable bonds is 7. The molecule has 0 spiro atoms. The number of ether oxygens (including phenoxy) is 1. The van der Waals surface area contributed by atoms with Crippen molar-refractivity contribution in [2.45, 2.75) is 52.2 Å². The van der Waals surface area contributed by atoms with Crippen LogP contribution in [0.5, 0.6) is 0 Å². The zero-order chi connectivity index (χ0) is 13.8. The van der Waals surface area contributed by atoms with Crippen LogP contribution in [0.3, 0.4) is 0 Å². The van der Waals surface area contributed by atoms with Crippen LogP contribution in [0.25, 0.3) is 0 Å². The summed E-state index contributed by atoms with van der Waals surface area (Å²) in [6, 6.07) is 2.45. The van der Waals surface area contributed by atoms with Crippen molar-refractivity contribution in [3.8, 4) is 0 Å². The van der Waals surface area contributed by atoms with E-state index in [0.717, 1.165) is 25.1 Å². The van der Waals surface area contributed by atoms with E-state index in [1.165, 1.54) is 5.69 Å². The smallest absolute Gasteiger partial charge is 0.0804 e. The maximum Gasteiger partial charge on any atom is 0.0804 e. The number of aryl methyl sites for hydroxylation is 2. The third-order valence-electron chi connectivity index (χ3n) is 3.87. The Morgan fingerprint density at radius 2 is 2.17 bits per heavy atom. The minimum Gasteiger partial charge on any atom is -0.377 e. The summed E-state index contributed by atoms with van der Waals surface area (Å²) < 4.78 is 7.69. The first-order chi connectivity index (χ1) is 8.46. The Morgan fingerprint density at radius 3 is 2.56 bits per heavy atom. The van der Waals surface area contributed by atoms with Gasteiger partial charge < -0.3 is 10.1 Å². The molecule has 1 aromatic rings. The monoisotopic (exact) mass is 253 g/mol. The van der Waals surface area contributed by atoms with Gasteiger partial charge in [-0.25, -0.2) is 0 Å². The van der Waals surface area contributed by atoms with Gasteiger partial charge in [-0.15, -0.1) is 0 Å². The van der Waals surface area contributed by atoms with Crippen molar-refractivity contribution in [2.24, 2.45) is 7.05 Å². The zero-order valence-corrected chi connectivity index (χ0v) is 12.6. The number of hydrogen-bond acceptors (Lipinski definition) is 3. The molecule has 0 aliphatic carbocycles. The zero-order valence-electron chi connectivity index (χ0n) is 12.6. The standard InChI is InChI=1S/C14H27N3O/c1-7-14(4,18-6)13(15-8-2)10-12-9-11(3)16-17(12)5/h9,13,15H,7-8,10H2,1-6H3. The molecule has 0 aliphatic rings. The van der Waals surface area contributed by atoms with Crippen molar-refractivity contribution in [1.82, 2.24) is 15.1 Å². The molecule has 0 radical (unpaired) electrons. The van der Waals surface area contributed by atoms with E-state index in [2.05, 4.69) is 37.3 Å². The first kappa shape index (κ1) is 15.2. The molecule has 1 aromatic heterocycles. The van der Waals surface area contributed by atoms with Crippen LogP contribution in [-0.2, 0) is 18.2 Å². The highest BCUT2D eigenvalue weighted by molar-refractivity contribution is 5.11. The molecule has 4 heteroatoms. The molecule has 1 N–H and O–H groups in total. The van der Waals surface area contributed by atoms with E-state index in [1.54, 1.807) is 7.11 Å². The van der Waals surface area contributed by atoms with Crippen LogP contribution in [0.15, 0.2) is 6.07 Å². The lowest BCUT2D eigenvalue weighted by atomic mass is 9.89. The van der Waals surface area contributed by atoms with Gasteiger partial charge in [-0.2, -0.15) is 5.10 Å². The average Bonchev–Trinajstić information content (AvgIpc) is 2.66. The Balaban J connectivity index is 2.89. The van der Waals surface area contributed by atoms with Crippen LogP contribution in [0.4, 0.5) is 0 Å². The van der Waals surface area contributed by atoms with Gasteiger partial charge in [0.1, 0.15) is 0 Å². The summed E-state index contributed by atoms with van der Waals surface area (Å²) in [5.41, 5.74) is 2.17. The summed E-state index contributed by atoms with van der Waals surface area (Å²) in [7, 11) is 3.80. The van der Waals surface area contributed by atoms with Gasteiger partial charge in [0.2, 0.25) is 0 Å². The summed E-state index contributed by atoms with van der Waals surface area (Å²) in [5, 5.41) is 7.95. The quantitative estimate of drug-likeness (QED) is 0.808. The van der Waals surface area contributed by atoms with Crippen molar-refractivity contribution < 1.29 is 4.74 Å². The van der Waals surface area contributed by atoms with E-state index in [4.69, 9.17) is 4.74 Å². The third kappa shape index (κ3) is 3.33. The van der Waals surface area contributed by atoms with Crippen LogP contribution in [0.2, 0.25) is 0 Å². The predicted molar refractivity (Wildman–Crippen MR) is 74.8 cm³/mol. The molecule has 2 atom stereocenters. The Morgan fingerprint density at radius 1 is 1.50 bits per heavy atom. The van der Waals surface area contributed by atoms with Crippen LogP contribution in [0.1, 0.15) is 38.6 Å². The fourth-order valence-electron chi connectivity index (χ4n) is 2.35. The fourth-order valence-corrected chi connectivity index (χ4v) is 2.35. The number of nitrogens with zero attached hydrogens (tertiary/aromatic N) is 2. The normalized spacial score (nSPS) is 16.6. The first-order valence-electron chi connectivity index (χ1n) is 6.74. The summed E-state index contributed by atoms with van der Waals surface area (Å²) in [4.78, 5) is 0. The second kappa shape index (κ2) is 6.34. The van der Waals surface area contributed by atoms with Crippen molar-refractivity contribution in [2.75, 3.05) is 13.7 Å². The molecule has 0 aliphatic heterocycles. The molecule has 0 amide bonds. The molecule has 18 heavy (non-hydrogen) atoms. The summed E-state index contributed by atoms with van der Waals surface area (Å²) in [6.07, 6.45) is 1.92. The number of nitrogens with one attached hydrogen (secondary N) is 1. The molecule has 4 nitrogen and oxygen atoms in total. The number of aromatic nitrogens is 2. The van der Waals surface area contributed by atoms with E-state index in [0.29, 0.717) is 6.04 Å². The van der Waals surface area contributed by atoms with Crippen LogP contribution in [-0.4, -0.2) is 35.1 Å². The second-order valence-electron chi connectivity index (χ2n) is 5.09. The van der Waals surface area contributed by atoms with Crippen molar-refractivity contribution in [3.05, 3.63) is 17.5 Å². The molecule has 0 bridgehead atoms. The van der Waals surface area contributed by atoms with Crippen molar-refractivity contribution >= 4 is 0 Å². The molecule has 0 saturated carbocycles. The minimum absolute atomic E-state index is 0.145. The van der Waals surface area contributed by atoms with Gasteiger partial charge in [-0.05, 0) is 32.9 Å². The SMILES string of the molecule is CCNC(Cc1cc(C)nn1C)C(C)(CC)OC. The molecule has 0 aromatic carbocycles. The van der Waals surface area contributed by atoms with Crippen molar-refractivity contribution in [3.63, 3.8) is 0 Å². The molecule has 0 fully saturated rings. The average molecular weight is 253 g/mol. The second-order valence-corrected chi connectivity index (χ2v) is 5.09. The van der Waals surface area contributed by atoms with E-state index in [1.807, 2.05) is 18.7 Å². The summed E-state index contributed by atoms with van der Waals surface area (Å²) in [5.74, 6) is 0. The van der Waals surface area contributed by atoms with Crippen LogP contribution < -0.4 is 5.32 Å². The maximum atomic E-state index is 5.73. The molecular weight excluding hydrogens is 226 g/mol. The molecule has 0 saturated heterocycles. The van der Waals surface area contributed by atoms with Gasteiger partial charge in [0.05, 0.1) is 11.3 Å². The van der Waals surface area contributed by atoms with Crippen LogP contribution >= 0.6 is 0 Å². The van der Waals surface area contributed by atoms with Gasteiger partial charge in [-0.3, -0.25) is 4.68 Å². The Bertz CT molecular complexity index is 369. The van der Waals surface area contributed by atoms with Gasteiger partial charge in [0.25, 0.3) is 0 Å². The molecule has 1 rings (SSSR count). The highest BCUT2D eigenvalue weighted by atomic mass is 16.5. The molecular formula is C14H27N3O. The Hall–Kier alpha value is -0.870. The number of likely N-dealkylation sites (N-methyl/N-ethyl adjacent to an activating group) is 1. The molecule has 2 unspecified atom stereocenters. The lowest BCUT2D eigenvalue weighted by Gasteiger charge is -2.36. The van der Waals surface area contributed by atoms with Gasteiger partial charge in [-0.1, -0.05) is 13.8 Å². The van der Waals surface area contributed by atoms with Crippen molar-refractivity contribution in [1.29, 1.82) is 0 Å². The van der Waals surface area contributed by atoms with E-state index < -0.39 is 0 Å². The van der Waals surface area contributed by atoms with Gasteiger partial charge >= 0.3 is 0 Å². The summed E-state index contributed by atoms with van der Waals surface area (Å²) in [6.45, 7) is 9.45. The minimum atomic E-state index is -0.145. The largest absolute Gasteiger partial charge is 0.377 e. The van der Waals surface area contributed by atoms with Crippen LogP contribution in [0, 0.1) is 6.92 Å². The topological polar surface area (TPSA) is 39.1 Å². The Labute approximate surface area is 111 Å². The van der Waals surface area contributed by atoms with E-state index in [9.17, 15) is 0 Å². The van der Waals surface area contributed by atoms with Gasteiger partial charge in [0, 0.05) is 32.3 Å². The summed E-state index contributed by atoms with van der Waals surface area (Å²) >= 11 is 0. The van der Waals surface area contributed by atoms with Gasteiger partial charge in [0.15, 0.2) is 0 Å². The van der Waals surface area contributed by atoms with E-state index >= 15 is 0 Å². The predicted octanol–water partition coefficient (Wildman–Crippen LogP) is 2.06. The lowest BCUT2D eigenvalue weighted by Crippen LogP contribution is -2.51.